The molecule has 4 rings (SSSR count). The molecule has 7 nitrogen and oxygen atoms in total. The van der Waals surface area contributed by atoms with E-state index in [4.69, 9.17) is 9.47 Å². The van der Waals surface area contributed by atoms with Crippen LogP contribution in [0.2, 0.25) is 0 Å². The number of hydrogen-bond donors (Lipinski definition) is 1. The number of hydrogen-bond acceptors (Lipinski definition) is 6. The van der Waals surface area contributed by atoms with Gasteiger partial charge in [-0.2, -0.15) is 0 Å². The molecule has 3 aromatic rings. The number of aromatic nitrogens is 2. The number of benzene rings is 2. The zero-order valence-corrected chi connectivity index (χ0v) is 17.7. The molecule has 0 spiro atoms. The Balaban J connectivity index is 1.38. The molecule has 160 valence electrons. The quantitative estimate of drug-likeness (QED) is 0.655. The van der Waals surface area contributed by atoms with Gasteiger partial charge in [0.2, 0.25) is 5.95 Å². The first-order chi connectivity index (χ1) is 15.2. The molecule has 1 saturated heterocycles. The summed E-state index contributed by atoms with van der Waals surface area (Å²) in [6.45, 7) is 1.31. The van der Waals surface area contributed by atoms with E-state index in [0.717, 1.165) is 24.1 Å². The summed E-state index contributed by atoms with van der Waals surface area (Å²) >= 11 is 0. The summed E-state index contributed by atoms with van der Waals surface area (Å²) in [5.41, 5.74) is 2.49. The molecule has 1 amide bonds. The van der Waals surface area contributed by atoms with Crippen LogP contribution >= 0.6 is 0 Å². The largest absolute Gasteiger partial charge is 0.497 e. The number of carbonyl (C=O) groups is 1. The molecule has 31 heavy (non-hydrogen) atoms. The van der Waals surface area contributed by atoms with E-state index in [1.165, 1.54) is 0 Å². The lowest BCUT2D eigenvalue weighted by Crippen LogP contribution is -2.42. The average molecular weight is 418 g/mol. The van der Waals surface area contributed by atoms with Crippen LogP contribution in [0, 0.1) is 0 Å². The van der Waals surface area contributed by atoms with Gasteiger partial charge >= 0.3 is 0 Å². The van der Waals surface area contributed by atoms with E-state index in [2.05, 4.69) is 15.3 Å². The topological polar surface area (TPSA) is 76.6 Å². The third-order valence-electron chi connectivity index (χ3n) is 5.48. The maximum atomic E-state index is 13.0. The molecular weight excluding hydrogens is 392 g/mol. The lowest BCUT2D eigenvalue weighted by Gasteiger charge is -2.32. The standard InChI is InChI=1S/C24H26N4O3/c1-30-19-8-9-20(22(16-19)31-2)23(29)28-14-11-18(12-15-28)26-24-25-13-10-21(27-24)17-6-4-3-5-7-17/h3-10,13,16,18H,11-12,14-15H2,1-2H3,(H,25,26,27). The number of rotatable bonds is 6. The van der Waals surface area contributed by atoms with E-state index < -0.39 is 0 Å². The van der Waals surface area contributed by atoms with Crippen molar-refractivity contribution in [1.82, 2.24) is 14.9 Å². The molecule has 2 aromatic carbocycles. The molecule has 0 radical (unpaired) electrons. The molecule has 1 aliphatic heterocycles. The van der Waals surface area contributed by atoms with E-state index in [-0.39, 0.29) is 11.9 Å². The maximum absolute atomic E-state index is 13.0. The lowest BCUT2D eigenvalue weighted by molar-refractivity contribution is 0.0715. The molecule has 0 saturated carbocycles. The third-order valence-corrected chi connectivity index (χ3v) is 5.48. The molecule has 0 unspecified atom stereocenters. The van der Waals surface area contributed by atoms with Crippen LogP contribution in [0.1, 0.15) is 23.2 Å². The van der Waals surface area contributed by atoms with Crippen LogP contribution in [0.15, 0.2) is 60.8 Å². The molecule has 2 heterocycles. The zero-order chi connectivity index (χ0) is 21.6. The highest BCUT2D eigenvalue weighted by atomic mass is 16.5. The van der Waals surface area contributed by atoms with E-state index in [1.54, 1.807) is 38.6 Å². The summed E-state index contributed by atoms with van der Waals surface area (Å²) in [4.78, 5) is 23.9. The molecule has 1 N–H and O–H groups in total. The van der Waals surface area contributed by atoms with Crippen LogP contribution in [0.5, 0.6) is 11.5 Å². The van der Waals surface area contributed by atoms with Gasteiger partial charge in [-0.05, 0) is 31.0 Å². The van der Waals surface area contributed by atoms with Gasteiger partial charge < -0.3 is 19.7 Å². The van der Waals surface area contributed by atoms with Crippen LogP contribution < -0.4 is 14.8 Å². The van der Waals surface area contributed by atoms with E-state index in [1.807, 2.05) is 41.3 Å². The second-order valence-electron chi connectivity index (χ2n) is 7.41. The van der Waals surface area contributed by atoms with Crippen molar-refractivity contribution in [1.29, 1.82) is 0 Å². The van der Waals surface area contributed by atoms with E-state index >= 15 is 0 Å². The minimum Gasteiger partial charge on any atom is -0.497 e. The number of anilines is 1. The molecule has 1 fully saturated rings. The Morgan fingerprint density at radius 1 is 1.03 bits per heavy atom. The summed E-state index contributed by atoms with van der Waals surface area (Å²) in [7, 11) is 3.15. The van der Waals surface area contributed by atoms with Gasteiger partial charge in [0.25, 0.3) is 5.91 Å². The maximum Gasteiger partial charge on any atom is 0.257 e. The van der Waals surface area contributed by atoms with Gasteiger partial charge in [0.15, 0.2) is 0 Å². The van der Waals surface area contributed by atoms with Crippen molar-refractivity contribution >= 4 is 11.9 Å². The fourth-order valence-electron chi connectivity index (χ4n) is 3.75. The van der Waals surface area contributed by atoms with E-state index in [9.17, 15) is 4.79 Å². The zero-order valence-electron chi connectivity index (χ0n) is 17.7. The van der Waals surface area contributed by atoms with Crippen molar-refractivity contribution in [2.75, 3.05) is 32.6 Å². The number of nitrogens with zero attached hydrogens (tertiary/aromatic N) is 3. The monoisotopic (exact) mass is 418 g/mol. The highest BCUT2D eigenvalue weighted by Gasteiger charge is 2.26. The second-order valence-corrected chi connectivity index (χ2v) is 7.41. The van der Waals surface area contributed by atoms with Crippen LogP contribution in [0.25, 0.3) is 11.3 Å². The first-order valence-electron chi connectivity index (χ1n) is 10.3. The van der Waals surface area contributed by atoms with Gasteiger partial charge in [-0.3, -0.25) is 4.79 Å². The Labute approximate surface area is 182 Å². The molecule has 0 aliphatic carbocycles. The van der Waals surface area contributed by atoms with Gasteiger partial charge in [-0.1, -0.05) is 30.3 Å². The Morgan fingerprint density at radius 3 is 2.52 bits per heavy atom. The van der Waals surface area contributed by atoms with E-state index in [0.29, 0.717) is 36.1 Å². The summed E-state index contributed by atoms with van der Waals surface area (Å²) in [5, 5.41) is 3.43. The van der Waals surface area contributed by atoms with Crippen molar-refractivity contribution in [2.45, 2.75) is 18.9 Å². The number of likely N-dealkylation sites (tertiary alicyclic amines) is 1. The number of carbonyl (C=O) groups excluding carboxylic acids is 1. The van der Waals surface area contributed by atoms with Gasteiger partial charge in [0.1, 0.15) is 11.5 Å². The Bertz CT molecular complexity index is 1030. The number of methoxy groups -OCH3 is 2. The van der Waals surface area contributed by atoms with Gasteiger partial charge in [-0.15, -0.1) is 0 Å². The molecule has 0 bridgehead atoms. The Kier molecular flexibility index (Phi) is 6.31. The highest BCUT2D eigenvalue weighted by Crippen LogP contribution is 2.27. The van der Waals surface area contributed by atoms with Gasteiger partial charge in [0.05, 0.1) is 25.5 Å². The average Bonchev–Trinajstić information content (AvgIpc) is 2.84. The first-order valence-corrected chi connectivity index (χ1v) is 10.3. The van der Waals surface area contributed by atoms with Crippen LogP contribution in [-0.2, 0) is 0 Å². The second kappa shape index (κ2) is 9.47. The normalized spacial score (nSPS) is 14.2. The SMILES string of the molecule is COc1ccc(C(=O)N2CCC(Nc3nccc(-c4ccccc4)n3)CC2)c(OC)c1. The molecule has 1 aliphatic rings. The van der Waals surface area contributed by atoms with Crippen molar-refractivity contribution in [3.63, 3.8) is 0 Å². The van der Waals surface area contributed by atoms with Crippen molar-refractivity contribution in [3.05, 3.63) is 66.4 Å². The number of nitrogens with one attached hydrogen (secondary N) is 1. The van der Waals surface area contributed by atoms with Gasteiger partial charge in [-0.25, -0.2) is 9.97 Å². The summed E-state index contributed by atoms with van der Waals surface area (Å²) in [6, 6.07) is 17.4. The minimum absolute atomic E-state index is 0.0275. The van der Waals surface area contributed by atoms with Crippen molar-refractivity contribution in [2.24, 2.45) is 0 Å². The third kappa shape index (κ3) is 4.77. The molecular formula is C24H26N4O3. The minimum atomic E-state index is -0.0275. The fraction of sp³-hybridized carbons (Fsp3) is 0.292. The molecule has 0 atom stereocenters. The number of piperidine rings is 1. The fourth-order valence-corrected chi connectivity index (χ4v) is 3.75. The van der Waals surface area contributed by atoms with Crippen molar-refractivity contribution < 1.29 is 14.3 Å². The molecule has 7 heteroatoms. The molecule has 1 aromatic heterocycles. The summed E-state index contributed by atoms with van der Waals surface area (Å²) in [6.07, 6.45) is 3.42. The van der Waals surface area contributed by atoms with Crippen LogP contribution in [0.3, 0.4) is 0 Å². The smallest absolute Gasteiger partial charge is 0.257 e. The summed E-state index contributed by atoms with van der Waals surface area (Å²) < 4.78 is 10.6. The highest BCUT2D eigenvalue weighted by molar-refractivity contribution is 5.97. The first kappa shape index (κ1) is 20.7. The Hall–Kier alpha value is -3.61. The predicted octanol–water partition coefficient (Wildman–Crippen LogP) is 3.88. The van der Waals surface area contributed by atoms with Crippen LogP contribution in [-0.4, -0.2) is 54.1 Å². The number of amides is 1. The number of ether oxygens (including phenoxy) is 2. The van der Waals surface area contributed by atoms with Crippen molar-refractivity contribution in [3.8, 4) is 22.8 Å². The summed E-state index contributed by atoms with van der Waals surface area (Å²) in [5.74, 6) is 1.77. The predicted molar refractivity (Wildman–Crippen MR) is 120 cm³/mol. The van der Waals surface area contributed by atoms with Crippen LogP contribution in [0.4, 0.5) is 5.95 Å². The van der Waals surface area contributed by atoms with Gasteiger partial charge in [0, 0.05) is 37.0 Å². The Morgan fingerprint density at radius 2 is 1.81 bits per heavy atom. The lowest BCUT2D eigenvalue weighted by atomic mass is 10.0.